The average Bonchev–Trinajstić information content (AvgIpc) is 2.53. The molecule has 4 heteroatoms. The van der Waals surface area contributed by atoms with Gasteiger partial charge in [-0.05, 0) is 6.42 Å². The lowest BCUT2D eigenvalue weighted by Crippen LogP contribution is -2.36. The molecule has 11 heavy (non-hydrogen) atoms. The topological polar surface area (TPSA) is 55.8 Å². The first-order valence-electron chi connectivity index (χ1n) is 3.81. The molecular weight excluding hydrogens is 148 g/mol. The zero-order valence-corrected chi connectivity index (χ0v) is 5.77. The van der Waals surface area contributed by atoms with Gasteiger partial charge in [0.15, 0.2) is 6.10 Å². The maximum atomic E-state index is 11.0. The Kier molecular flexibility index (Phi) is 0.863. The molecule has 0 aliphatic carbocycles. The maximum absolute atomic E-state index is 11.0. The molecule has 2 bridgehead atoms. The van der Waals surface area contributed by atoms with Gasteiger partial charge < -0.3 is 14.6 Å². The van der Waals surface area contributed by atoms with Crippen LogP contribution in [0, 0.1) is 5.92 Å². The molecule has 4 nitrogen and oxygen atoms in total. The van der Waals surface area contributed by atoms with E-state index in [0.29, 0.717) is 6.42 Å². The van der Waals surface area contributed by atoms with E-state index in [1.54, 1.807) is 0 Å². The molecule has 0 radical (unpaired) electrons. The van der Waals surface area contributed by atoms with Crippen LogP contribution in [0.25, 0.3) is 0 Å². The molecule has 0 saturated carbocycles. The van der Waals surface area contributed by atoms with Gasteiger partial charge in [0.25, 0.3) is 0 Å². The Balaban J connectivity index is 2.04. The summed E-state index contributed by atoms with van der Waals surface area (Å²) in [6.07, 6.45) is -0.612. The molecule has 5 atom stereocenters. The number of fused-ring (bicyclic) bond motifs is 1. The van der Waals surface area contributed by atoms with Crippen molar-refractivity contribution >= 4 is 5.97 Å². The lowest BCUT2D eigenvalue weighted by atomic mass is 9.88. The normalized spacial score (nSPS) is 58.6. The number of rotatable bonds is 0. The Hall–Kier alpha value is -0.610. The van der Waals surface area contributed by atoms with Crippen LogP contribution >= 0.6 is 0 Å². The van der Waals surface area contributed by atoms with Crippen molar-refractivity contribution in [1.29, 1.82) is 0 Å². The number of hydrogen-bond acceptors (Lipinski definition) is 4. The monoisotopic (exact) mass is 156 g/mol. The fourth-order valence-corrected chi connectivity index (χ4v) is 2.26. The second-order valence-corrected chi connectivity index (χ2v) is 3.37. The van der Waals surface area contributed by atoms with Crippen LogP contribution in [-0.2, 0) is 14.3 Å². The average molecular weight is 156 g/mol. The molecule has 3 rings (SSSR count). The van der Waals surface area contributed by atoms with Crippen molar-refractivity contribution in [1.82, 2.24) is 0 Å². The van der Waals surface area contributed by atoms with Crippen LogP contribution in [0.5, 0.6) is 0 Å². The van der Waals surface area contributed by atoms with Gasteiger partial charge in [-0.15, -0.1) is 0 Å². The number of aliphatic hydroxyl groups excluding tert-OH is 1. The zero-order valence-electron chi connectivity index (χ0n) is 5.77. The first-order chi connectivity index (χ1) is 5.27. The minimum atomic E-state index is -0.581. The summed E-state index contributed by atoms with van der Waals surface area (Å²) >= 11 is 0. The summed E-state index contributed by atoms with van der Waals surface area (Å²) in [5, 5.41) is 9.42. The largest absolute Gasteiger partial charge is 0.456 e. The Morgan fingerprint density at radius 2 is 2.27 bits per heavy atom. The highest BCUT2D eigenvalue weighted by Gasteiger charge is 2.63. The van der Waals surface area contributed by atoms with Crippen molar-refractivity contribution in [2.24, 2.45) is 5.92 Å². The summed E-state index contributed by atoms with van der Waals surface area (Å²) in [5.41, 5.74) is 0. The quantitative estimate of drug-likeness (QED) is 0.460. The summed E-state index contributed by atoms with van der Waals surface area (Å²) in [5.74, 6) is -0.285. The highest BCUT2D eigenvalue weighted by Crippen LogP contribution is 2.45. The Morgan fingerprint density at radius 1 is 1.45 bits per heavy atom. The van der Waals surface area contributed by atoms with Gasteiger partial charge in [-0.2, -0.15) is 0 Å². The van der Waals surface area contributed by atoms with Crippen LogP contribution in [-0.4, -0.2) is 35.5 Å². The third-order valence-electron chi connectivity index (χ3n) is 2.81. The van der Waals surface area contributed by atoms with E-state index in [-0.39, 0.29) is 30.2 Å². The Bertz CT molecular complexity index is 226. The minimum Gasteiger partial charge on any atom is -0.456 e. The second kappa shape index (κ2) is 1.59. The number of aliphatic hydroxyl groups is 1. The van der Waals surface area contributed by atoms with E-state index < -0.39 is 6.10 Å². The summed E-state index contributed by atoms with van der Waals surface area (Å²) < 4.78 is 10.3. The molecule has 3 saturated heterocycles. The highest BCUT2D eigenvalue weighted by atomic mass is 16.6. The van der Waals surface area contributed by atoms with E-state index in [1.165, 1.54) is 0 Å². The van der Waals surface area contributed by atoms with Crippen LogP contribution in [0.1, 0.15) is 6.42 Å². The maximum Gasteiger partial charge on any atom is 0.312 e. The SMILES string of the molecule is O=C1OC2C(O)[C@H]3C[C@@H]1C2O3. The second-order valence-electron chi connectivity index (χ2n) is 3.37. The van der Waals surface area contributed by atoms with E-state index in [4.69, 9.17) is 9.47 Å². The number of carbonyl (C=O) groups excluding carboxylic acids is 1. The molecular formula is C7H8O4. The van der Waals surface area contributed by atoms with Crippen molar-refractivity contribution in [3.8, 4) is 0 Å². The third-order valence-corrected chi connectivity index (χ3v) is 2.81. The zero-order chi connectivity index (χ0) is 7.59. The summed E-state index contributed by atoms with van der Waals surface area (Å²) in [6, 6.07) is 0. The number of hydrogen-bond donors (Lipinski definition) is 1. The predicted molar refractivity (Wildman–Crippen MR) is 32.7 cm³/mol. The van der Waals surface area contributed by atoms with E-state index in [9.17, 15) is 9.90 Å². The van der Waals surface area contributed by atoms with E-state index in [0.717, 1.165) is 0 Å². The fraction of sp³-hybridized carbons (Fsp3) is 0.857. The molecule has 3 heterocycles. The molecule has 0 aromatic rings. The van der Waals surface area contributed by atoms with Crippen molar-refractivity contribution in [3.05, 3.63) is 0 Å². The van der Waals surface area contributed by atoms with Crippen molar-refractivity contribution in [3.63, 3.8) is 0 Å². The third kappa shape index (κ3) is 0.520. The lowest BCUT2D eigenvalue weighted by Gasteiger charge is -2.15. The summed E-state index contributed by atoms with van der Waals surface area (Å²) in [6.45, 7) is 0. The molecule has 0 amide bonds. The van der Waals surface area contributed by atoms with Gasteiger partial charge in [0.05, 0.1) is 12.0 Å². The first-order valence-corrected chi connectivity index (χ1v) is 3.81. The summed E-state index contributed by atoms with van der Waals surface area (Å²) in [7, 11) is 0. The van der Waals surface area contributed by atoms with Crippen molar-refractivity contribution in [2.45, 2.75) is 30.8 Å². The van der Waals surface area contributed by atoms with Crippen molar-refractivity contribution in [2.75, 3.05) is 0 Å². The van der Waals surface area contributed by atoms with Gasteiger partial charge in [0, 0.05) is 0 Å². The standard InChI is InChI=1S/C7H8O4/c8-4-3-1-2-5(10-3)6(4)11-7(2)9/h2-6,8H,1H2/t2-,3-,4?,5?,6?/m1/s1. The molecule has 60 valence electrons. The van der Waals surface area contributed by atoms with Gasteiger partial charge in [-0.25, -0.2) is 0 Å². The number of carbonyl (C=O) groups is 1. The van der Waals surface area contributed by atoms with Crippen LogP contribution < -0.4 is 0 Å². The van der Waals surface area contributed by atoms with Crippen LogP contribution in [0.3, 0.4) is 0 Å². The molecule has 0 aromatic carbocycles. The van der Waals surface area contributed by atoms with Crippen LogP contribution in [0.15, 0.2) is 0 Å². The van der Waals surface area contributed by atoms with Gasteiger partial charge >= 0.3 is 5.97 Å². The molecule has 1 N–H and O–H groups in total. The number of esters is 1. The van der Waals surface area contributed by atoms with E-state index in [1.807, 2.05) is 0 Å². The van der Waals surface area contributed by atoms with Crippen LogP contribution in [0.4, 0.5) is 0 Å². The van der Waals surface area contributed by atoms with Gasteiger partial charge in [0.2, 0.25) is 0 Å². The molecule has 0 spiro atoms. The number of ether oxygens (including phenoxy) is 2. The van der Waals surface area contributed by atoms with E-state index >= 15 is 0 Å². The Labute approximate surface area is 63.1 Å². The molecule has 0 aromatic heterocycles. The van der Waals surface area contributed by atoms with E-state index in [2.05, 4.69) is 0 Å². The highest BCUT2D eigenvalue weighted by molar-refractivity contribution is 5.77. The molecule has 3 aliphatic rings. The predicted octanol–water partition coefficient (Wildman–Crippen LogP) is -0.940. The molecule has 3 unspecified atom stereocenters. The van der Waals surface area contributed by atoms with Crippen molar-refractivity contribution < 1.29 is 19.4 Å². The lowest BCUT2D eigenvalue weighted by molar-refractivity contribution is -0.145. The minimum absolute atomic E-state index is 0.0894. The fourth-order valence-electron chi connectivity index (χ4n) is 2.26. The van der Waals surface area contributed by atoms with Gasteiger partial charge in [-0.3, -0.25) is 4.79 Å². The van der Waals surface area contributed by atoms with Crippen LogP contribution in [0.2, 0.25) is 0 Å². The Morgan fingerprint density at radius 3 is 2.91 bits per heavy atom. The van der Waals surface area contributed by atoms with Gasteiger partial charge in [0.1, 0.15) is 12.2 Å². The van der Waals surface area contributed by atoms with Gasteiger partial charge in [-0.1, -0.05) is 0 Å². The molecule has 3 fully saturated rings. The molecule has 3 aliphatic heterocycles. The smallest absolute Gasteiger partial charge is 0.312 e. The summed E-state index contributed by atoms with van der Waals surface area (Å²) in [4.78, 5) is 11.0. The first kappa shape index (κ1) is 5.97.